The van der Waals surface area contributed by atoms with Crippen LogP contribution >= 0.6 is 11.6 Å². The second kappa shape index (κ2) is 4.62. The number of methoxy groups -OCH3 is 1. The summed E-state index contributed by atoms with van der Waals surface area (Å²) in [6, 6.07) is 1.61. The molecule has 0 aliphatic rings. The minimum absolute atomic E-state index is 0.314. The minimum atomic E-state index is -0.454. The number of halogens is 1. The molecule has 0 amide bonds. The molecule has 1 aromatic rings. The van der Waals surface area contributed by atoms with Crippen LogP contribution in [0.1, 0.15) is 5.56 Å². The second-order valence-electron chi connectivity index (χ2n) is 2.48. The molecule has 4 nitrogen and oxygen atoms in total. The topological polar surface area (TPSA) is 65.2 Å². The van der Waals surface area contributed by atoms with E-state index in [0.29, 0.717) is 16.4 Å². The fourth-order valence-electron chi connectivity index (χ4n) is 0.825. The number of esters is 1. The zero-order valence-electron chi connectivity index (χ0n) is 7.53. The summed E-state index contributed by atoms with van der Waals surface area (Å²) in [7, 11) is 1.30. The summed E-state index contributed by atoms with van der Waals surface area (Å²) in [6.45, 7) is 0. The van der Waals surface area contributed by atoms with Gasteiger partial charge in [0.05, 0.1) is 12.1 Å². The Balaban J connectivity index is 2.90. The van der Waals surface area contributed by atoms with Gasteiger partial charge in [0, 0.05) is 17.8 Å². The van der Waals surface area contributed by atoms with Crippen LogP contribution in [0.25, 0.3) is 6.08 Å². The van der Waals surface area contributed by atoms with Crippen LogP contribution in [0.4, 0.5) is 5.82 Å². The Bertz CT molecular complexity index is 377. The van der Waals surface area contributed by atoms with Crippen LogP contribution in [0, 0.1) is 0 Å². The molecule has 0 aliphatic carbocycles. The van der Waals surface area contributed by atoms with Crippen molar-refractivity contribution in [1.29, 1.82) is 0 Å². The van der Waals surface area contributed by atoms with Gasteiger partial charge in [-0.25, -0.2) is 9.78 Å². The number of rotatable bonds is 2. The standard InChI is InChI=1S/C9H9ClN2O2/c1-14-8(13)3-2-6-4-7(10)5-12-9(6)11/h2-5H,1H3,(H2,11,12). The number of anilines is 1. The van der Waals surface area contributed by atoms with Crippen molar-refractivity contribution in [2.24, 2.45) is 0 Å². The SMILES string of the molecule is COC(=O)C=Cc1cc(Cl)cnc1N. The predicted octanol–water partition coefficient (Wildman–Crippen LogP) is 1.50. The van der Waals surface area contributed by atoms with Gasteiger partial charge in [0.25, 0.3) is 0 Å². The molecule has 0 bridgehead atoms. The number of nitrogens with two attached hydrogens (primary N) is 1. The van der Waals surface area contributed by atoms with E-state index in [9.17, 15) is 4.79 Å². The molecule has 0 atom stereocenters. The van der Waals surface area contributed by atoms with Crippen molar-refractivity contribution < 1.29 is 9.53 Å². The van der Waals surface area contributed by atoms with Crippen LogP contribution in [0.15, 0.2) is 18.3 Å². The van der Waals surface area contributed by atoms with Crippen molar-refractivity contribution in [3.8, 4) is 0 Å². The second-order valence-corrected chi connectivity index (χ2v) is 2.92. The lowest BCUT2D eigenvalue weighted by molar-refractivity contribution is -0.134. The third kappa shape index (κ3) is 2.74. The number of carbonyl (C=O) groups excluding carboxylic acids is 1. The summed E-state index contributed by atoms with van der Waals surface area (Å²) in [5, 5.41) is 0.462. The fourth-order valence-corrected chi connectivity index (χ4v) is 0.991. The highest BCUT2D eigenvalue weighted by Crippen LogP contribution is 2.16. The van der Waals surface area contributed by atoms with Crippen molar-refractivity contribution in [3.63, 3.8) is 0 Å². The van der Waals surface area contributed by atoms with Gasteiger partial charge in [-0.05, 0) is 12.1 Å². The van der Waals surface area contributed by atoms with Gasteiger partial charge in [-0.3, -0.25) is 0 Å². The Morgan fingerprint density at radius 1 is 1.71 bits per heavy atom. The molecule has 0 radical (unpaired) electrons. The van der Waals surface area contributed by atoms with E-state index in [0.717, 1.165) is 0 Å². The lowest BCUT2D eigenvalue weighted by atomic mass is 10.2. The lowest BCUT2D eigenvalue weighted by Gasteiger charge is -1.98. The van der Waals surface area contributed by atoms with E-state index >= 15 is 0 Å². The maximum Gasteiger partial charge on any atom is 0.330 e. The molecule has 0 unspecified atom stereocenters. The molecular formula is C9H9ClN2O2. The number of aromatic nitrogens is 1. The Kier molecular flexibility index (Phi) is 3.48. The Hall–Kier alpha value is -1.55. The zero-order valence-corrected chi connectivity index (χ0v) is 8.28. The first kappa shape index (κ1) is 10.5. The van der Waals surface area contributed by atoms with E-state index in [1.807, 2.05) is 0 Å². The highest BCUT2D eigenvalue weighted by molar-refractivity contribution is 6.30. The molecule has 1 heterocycles. The maximum atomic E-state index is 10.8. The molecule has 14 heavy (non-hydrogen) atoms. The van der Waals surface area contributed by atoms with E-state index < -0.39 is 5.97 Å². The summed E-state index contributed by atoms with van der Waals surface area (Å²) in [5.74, 6) is -0.140. The van der Waals surface area contributed by atoms with Crippen molar-refractivity contribution in [2.75, 3.05) is 12.8 Å². The first-order chi connectivity index (χ1) is 6.63. The van der Waals surface area contributed by atoms with Crippen LogP contribution in [-0.4, -0.2) is 18.1 Å². The molecule has 74 valence electrons. The zero-order chi connectivity index (χ0) is 10.6. The van der Waals surface area contributed by atoms with Crippen LogP contribution < -0.4 is 5.73 Å². The van der Waals surface area contributed by atoms with Crippen LogP contribution in [-0.2, 0) is 9.53 Å². The molecule has 0 spiro atoms. The lowest BCUT2D eigenvalue weighted by Crippen LogP contribution is -1.96. The minimum Gasteiger partial charge on any atom is -0.466 e. The van der Waals surface area contributed by atoms with E-state index in [4.69, 9.17) is 17.3 Å². The summed E-state index contributed by atoms with van der Waals surface area (Å²) in [6.07, 6.45) is 4.19. The van der Waals surface area contributed by atoms with E-state index in [1.54, 1.807) is 6.07 Å². The smallest absolute Gasteiger partial charge is 0.330 e. The summed E-state index contributed by atoms with van der Waals surface area (Å²) >= 11 is 5.70. The third-order valence-corrected chi connectivity index (χ3v) is 1.72. The molecule has 1 aromatic heterocycles. The highest BCUT2D eigenvalue weighted by atomic mass is 35.5. The van der Waals surface area contributed by atoms with Gasteiger partial charge in [-0.2, -0.15) is 0 Å². The number of carbonyl (C=O) groups is 1. The van der Waals surface area contributed by atoms with Gasteiger partial charge in [-0.15, -0.1) is 0 Å². The number of nitrogens with zero attached hydrogens (tertiary/aromatic N) is 1. The maximum absolute atomic E-state index is 10.8. The molecule has 5 heteroatoms. The van der Waals surface area contributed by atoms with Gasteiger partial charge in [-0.1, -0.05) is 11.6 Å². The molecule has 1 rings (SSSR count). The highest BCUT2D eigenvalue weighted by Gasteiger charge is 1.99. The van der Waals surface area contributed by atoms with Crippen LogP contribution in [0.3, 0.4) is 0 Å². The molecule has 2 N–H and O–H groups in total. The first-order valence-electron chi connectivity index (χ1n) is 3.80. The van der Waals surface area contributed by atoms with Crippen LogP contribution in [0.2, 0.25) is 5.02 Å². The fraction of sp³-hybridized carbons (Fsp3) is 0.111. The number of hydrogen-bond donors (Lipinski definition) is 1. The van der Waals surface area contributed by atoms with E-state index in [2.05, 4.69) is 9.72 Å². The quantitative estimate of drug-likeness (QED) is 0.596. The number of hydrogen-bond acceptors (Lipinski definition) is 4. The first-order valence-corrected chi connectivity index (χ1v) is 4.18. The molecular weight excluding hydrogens is 204 g/mol. The van der Waals surface area contributed by atoms with Gasteiger partial charge < -0.3 is 10.5 Å². The average Bonchev–Trinajstić information content (AvgIpc) is 2.19. The van der Waals surface area contributed by atoms with Crippen molar-refractivity contribution >= 4 is 29.5 Å². The van der Waals surface area contributed by atoms with Gasteiger partial charge >= 0.3 is 5.97 Å². The van der Waals surface area contributed by atoms with E-state index in [1.165, 1.54) is 25.5 Å². The predicted molar refractivity (Wildman–Crippen MR) is 54.7 cm³/mol. The Morgan fingerprint density at radius 2 is 2.43 bits per heavy atom. The van der Waals surface area contributed by atoms with Gasteiger partial charge in [0.15, 0.2) is 0 Å². The summed E-state index contributed by atoms with van der Waals surface area (Å²) < 4.78 is 4.42. The number of ether oxygens (including phenoxy) is 1. The third-order valence-electron chi connectivity index (χ3n) is 1.52. The molecule has 0 saturated carbocycles. The molecule has 0 aromatic carbocycles. The molecule has 0 fully saturated rings. The van der Waals surface area contributed by atoms with Crippen molar-refractivity contribution in [2.45, 2.75) is 0 Å². The van der Waals surface area contributed by atoms with Crippen LogP contribution in [0.5, 0.6) is 0 Å². The monoisotopic (exact) mass is 212 g/mol. The average molecular weight is 213 g/mol. The Labute approximate surface area is 86.3 Å². The van der Waals surface area contributed by atoms with Gasteiger partial charge in [0.2, 0.25) is 0 Å². The van der Waals surface area contributed by atoms with E-state index in [-0.39, 0.29) is 0 Å². The number of pyridine rings is 1. The Morgan fingerprint density at radius 3 is 3.07 bits per heavy atom. The molecule has 0 saturated heterocycles. The van der Waals surface area contributed by atoms with Gasteiger partial charge in [0.1, 0.15) is 5.82 Å². The largest absolute Gasteiger partial charge is 0.466 e. The normalized spacial score (nSPS) is 10.4. The number of nitrogen functional groups attached to an aromatic ring is 1. The van der Waals surface area contributed by atoms with Crippen molar-refractivity contribution in [3.05, 3.63) is 28.9 Å². The summed E-state index contributed by atoms with van der Waals surface area (Å²) in [5.41, 5.74) is 6.13. The summed E-state index contributed by atoms with van der Waals surface area (Å²) in [4.78, 5) is 14.6. The molecule has 0 aliphatic heterocycles. The van der Waals surface area contributed by atoms with Crippen molar-refractivity contribution in [1.82, 2.24) is 4.98 Å².